The number of ether oxygens (including phenoxy) is 3. The Balaban J connectivity index is 1.59. The van der Waals surface area contributed by atoms with Crippen LogP contribution < -0.4 is 14.9 Å². The third-order valence-electron chi connectivity index (χ3n) is 4.47. The molecule has 0 radical (unpaired) electrons. The average molecular weight is 387 g/mol. The molecule has 138 valence electrons. The highest BCUT2D eigenvalue weighted by Gasteiger charge is 2.27. The number of nitrogens with zero attached hydrogens (tertiary/aromatic N) is 2. The van der Waals surface area contributed by atoms with Crippen molar-refractivity contribution in [2.75, 3.05) is 13.2 Å². The van der Waals surface area contributed by atoms with Gasteiger partial charge in [0.2, 0.25) is 11.8 Å². The van der Waals surface area contributed by atoms with E-state index in [9.17, 15) is 10.3 Å². The first kappa shape index (κ1) is 18.1. The summed E-state index contributed by atoms with van der Waals surface area (Å²) in [5.74, 6) is 0.850. The van der Waals surface area contributed by atoms with E-state index in [1.807, 2.05) is 0 Å². The molecule has 3 heterocycles. The molecular weight excluding hydrogens is 370 g/mol. The van der Waals surface area contributed by atoms with E-state index in [1.54, 1.807) is 18.2 Å². The van der Waals surface area contributed by atoms with Gasteiger partial charge in [-0.3, -0.25) is 0 Å². The molecule has 1 N–H and O–H groups in total. The Morgan fingerprint density at radius 3 is 2.85 bits per heavy atom. The molecule has 1 saturated heterocycles. The van der Waals surface area contributed by atoms with E-state index in [0.29, 0.717) is 31.0 Å². The van der Waals surface area contributed by atoms with E-state index in [4.69, 9.17) is 30.5 Å². The number of rotatable bonds is 4. The smallest absolute Gasteiger partial charge is 0.473 e. The summed E-state index contributed by atoms with van der Waals surface area (Å²) in [6, 6.07) is 8.74. The topological polar surface area (TPSA) is 93.8 Å². The van der Waals surface area contributed by atoms with E-state index >= 15 is 0 Å². The molecule has 0 aliphatic carbocycles. The van der Waals surface area contributed by atoms with Gasteiger partial charge in [0.15, 0.2) is 0 Å². The van der Waals surface area contributed by atoms with Crippen LogP contribution >= 0.6 is 11.6 Å². The minimum Gasteiger partial charge on any atom is -0.473 e. The fourth-order valence-electron chi connectivity index (χ4n) is 3.03. The van der Waals surface area contributed by atoms with Crippen molar-refractivity contribution in [2.24, 2.45) is 0 Å². The van der Waals surface area contributed by atoms with Crippen LogP contribution in [0.2, 0.25) is 5.02 Å². The fraction of sp³-hybridized carbons (Fsp3) is 0.333. The van der Waals surface area contributed by atoms with Gasteiger partial charge in [-0.2, -0.15) is 10.2 Å². The molecule has 2 aromatic rings. The van der Waals surface area contributed by atoms with E-state index < -0.39 is 7.12 Å². The molecule has 2 aliphatic rings. The number of halogens is 1. The predicted molar refractivity (Wildman–Crippen MR) is 97.3 cm³/mol. The summed E-state index contributed by atoms with van der Waals surface area (Å²) in [6.45, 7) is 1.54. The molecule has 0 unspecified atom stereocenters. The molecule has 1 fully saturated rings. The maximum Gasteiger partial charge on any atom is 0.491 e. The number of nitriles is 1. The fourth-order valence-corrected chi connectivity index (χ4v) is 3.22. The van der Waals surface area contributed by atoms with Crippen molar-refractivity contribution in [1.82, 2.24) is 4.98 Å². The van der Waals surface area contributed by atoms with Gasteiger partial charge >= 0.3 is 7.12 Å². The van der Waals surface area contributed by atoms with Gasteiger partial charge in [-0.15, -0.1) is 0 Å². The SMILES string of the molecule is N#Cc1cc(Cl)c(Oc2ccc3c(c2)COB3O)nc1OC1CCOCC1. The summed E-state index contributed by atoms with van der Waals surface area (Å²) in [5, 5.41) is 19.3. The molecule has 0 bridgehead atoms. The van der Waals surface area contributed by atoms with Crippen LogP contribution in [0.15, 0.2) is 24.3 Å². The highest BCUT2D eigenvalue weighted by Crippen LogP contribution is 2.33. The number of pyridine rings is 1. The lowest BCUT2D eigenvalue weighted by Crippen LogP contribution is -2.27. The van der Waals surface area contributed by atoms with Gasteiger partial charge in [0.05, 0.1) is 19.8 Å². The van der Waals surface area contributed by atoms with Crippen molar-refractivity contribution in [2.45, 2.75) is 25.6 Å². The quantitative estimate of drug-likeness (QED) is 0.805. The monoisotopic (exact) mass is 386 g/mol. The minimum absolute atomic E-state index is 0.0639. The Bertz CT molecular complexity index is 898. The van der Waals surface area contributed by atoms with Crippen molar-refractivity contribution in [3.63, 3.8) is 0 Å². The lowest BCUT2D eigenvalue weighted by atomic mass is 9.80. The third-order valence-corrected chi connectivity index (χ3v) is 4.74. The van der Waals surface area contributed by atoms with Crippen LogP contribution in [0, 0.1) is 11.3 Å². The van der Waals surface area contributed by atoms with E-state index in [1.165, 1.54) is 6.07 Å². The zero-order valence-corrected chi connectivity index (χ0v) is 15.1. The molecular formula is C18H16BClN2O5. The highest BCUT2D eigenvalue weighted by atomic mass is 35.5. The molecule has 2 aliphatic heterocycles. The van der Waals surface area contributed by atoms with Crippen molar-refractivity contribution in [1.29, 1.82) is 5.26 Å². The molecule has 7 nitrogen and oxygen atoms in total. The van der Waals surface area contributed by atoms with Gasteiger partial charge in [0, 0.05) is 12.8 Å². The second-order valence-corrected chi connectivity index (χ2v) is 6.70. The standard InChI is InChI=1S/C18H16BClN2O5/c20-16-8-11(9-21)17(26-13-3-5-24-6-4-13)22-18(16)27-14-1-2-15-12(7-14)10-25-19(15)23/h1-2,7-8,13,23H,3-6,10H2. The first-order chi connectivity index (χ1) is 13.1. The van der Waals surface area contributed by atoms with Crippen molar-refractivity contribution in [3.8, 4) is 23.6 Å². The van der Waals surface area contributed by atoms with Crippen molar-refractivity contribution >= 4 is 24.2 Å². The number of hydrogen-bond acceptors (Lipinski definition) is 7. The molecule has 9 heteroatoms. The summed E-state index contributed by atoms with van der Waals surface area (Å²) in [4.78, 5) is 4.32. The molecule has 1 aromatic heterocycles. The first-order valence-corrected chi connectivity index (χ1v) is 8.97. The highest BCUT2D eigenvalue weighted by molar-refractivity contribution is 6.61. The molecule has 27 heavy (non-hydrogen) atoms. The Morgan fingerprint density at radius 2 is 2.07 bits per heavy atom. The maximum absolute atomic E-state index is 9.70. The summed E-state index contributed by atoms with van der Waals surface area (Å²) in [5.41, 5.74) is 1.80. The number of benzene rings is 1. The Hall–Kier alpha value is -2.31. The molecule has 4 rings (SSSR count). The predicted octanol–water partition coefficient (Wildman–Crippen LogP) is 2.17. The van der Waals surface area contributed by atoms with Crippen LogP contribution in [-0.4, -0.2) is 36.4 Å². The normalized spacial score (nSPS) is 16.7. The van der Waals surface area contributed by atoms with Crippen LogP contribution in [0.25, 0.3) is 0 Å². The summed E-state index contributed by atoms with van der Waals surface area (Å²) in [7, 11) is -0.912. The number of hydrogen-bond donors (Lipinski definition) is 1. The maximum atomic E-state index is 9.70. The van der Waals surface area contributed by atoms with Crippen molar-refractivity contribution < 1.29 is 23.9 Å². The summed E-state index contributed by atoms with van der Waals surface area (Å²) < 4.78 is 22.2. The van der Waals surface area contributed by atoms with Gasteiger partial charge < -0.3 is 23.9 Å². The van der Waals surface area contributed by atoms with Crippen LogP contribution in [0.5, 0.6) is 17.5 Å². The van der Waals surface area contributed by atoms with E-state index in [0.717, 1.165) is 18.4 Å². The molecule has 0 spiro atoms. The molecule has 0 saturated carbocycles. The summed E-state index contributed by atoms with van der Waals surface area (Å²) >= 11 is 6.23. The zero-order chi connectivity index (χ0) is 18.8. The zero-order valence-electron chi connectivity index (χ0n) is 14.4. The number of fused-ring (bicyclic) bond motifs is 1. The van der Waals surface area contributed by atoms with Gasteiger partial charge in [-0.1, -0.05) is 17.7 Å². The Morgan fingerprint density at radius 1 is 1.26 bits per heavy atom. The summed E-state index contributed by atoms with van der Waals surface area (Å²) in [6.07, 6.45) is 1.41. The largest absolute Gasteiger partial charge is 0.491 e. The Labute approximate surface area is 161 Å². The van der Waals surface area contributed by atoms with Crippen LogP contribution in [0.4, 0.5) is 0 Å². The average Bonchev–Trinajstić information content (AvgIpc) is 3.05. The lowest BCUT2D eigenvalue weighted by Gasteiger charge is -2.23. The number of aromatic nitrogens is 1. The molecule has 0 atom stereocenters. The Kier molecular flexibility index (Phi) is 5.19. The van der Waals surface area contributed by atoms with Crippen LogP contribution in [-0.2, 0) is 16.0 Å². The van der Waals surface area contributed by atoms with Crippen molar-refractivity contribution in [3.05, 3.63) is 40.4 Å². The van der Waals surface area contributed by atoms with Gasteiger partial charge in [-0.25, -0.2) is 0 Å². The third kappa shape index (κ3) is 3.87. The van der Waals surface area contributed by atoms with E-state index in [2.05, 4.69) is 11.1 Å². The van der Waals surface area contributed by atoms with Gasteiger partial charge in [0.25, 0.3) is 0 Å². The second-order valence-electron chi connectivity index (χ2n) is 6.30. The van der Waals surface area contributed by atoms with Gasteiger partial charge in [0.1, 0.15) is 28.5 Å². The first-order valence-electron chi connectivity index (χ1n) is 8.59. The second kappa shape index (κ2) is 7.75. The van der Waals surface area contributed by atoms with Gasteiger partial charge in [-0.05, 0) is 29.2 Å². The molecule has 1 aromatic carbocycles. The van der Waals surface area contributed by atoms with Crippen LogP contribution in [0.3, 0.4) is 0 Å². The van der Waals surface area contributed by atoms with Crippen LogP contribution in [0.1, 0.15) is 24.0 Å². The minimum atomic E-state index is -0.912. The lowest BCUT2D eigenvalue weighted by molar-refractivity contribution is 0.0234. The molecule has 0 amide bonds. The van der Waals surface area contributed by atoms with E-state index in [-0.39, 0.29) is 28.5 Å².